The number of rotatable bonds is 14. The maximum absolute atomic E-state index is 6.53. The average Bonchev–Trinajstić information content (AvgIpc) is 3.96. The molecule has 0 unspecified atom stereocenters. The van der Waals surface area contributed by atoms with Gasteiger partial charge in [-0.3, -0.25) is 0 Å². The highest BCUT2D eigenvalue weighted by atomic mass is 16.6. The summed E-state index contributed by atoms with van der Waals surface area (Å²) in [5, 5.41) is 2.42. The molecule has 0 N–H and O–H groups in total. The average molecular weight is 625 g/mol. The highest BCUT2D eigenvalue weighted by Crippen LogP contribution is 2.66. The summed E-state index contributed by atoms with van der Waals surface area (Å²) >= 11 is 0. The summed E-state index contributed by atoms with van der Waals surface area (Å²) < 4.78 is 34.9. The summed E-state index contributed by atoms with van der Waals surface area (Å²) in [5.74, 6) is 9.20. The minimum atomic E-state index is 0.324. The highest BCUT2D eigenvalue weighted by molar-refractivity contribution is 5.95. The zero-order chi connectivity index (χ0) is 30.3. The first-order chi connectivity index (χ1) is 22.6. The van der Waals surface area contributed by atoms with Gasteiger partial charge in [0.05, 0.1) is 13.2 Å². The molecule has 8 saturated carbocycles. The summed E-state index contributed by atoms with van der Waals surface area (Å²) in [6.45, 7) is 3.13. The smallest absolute Gasteiger partial charge is 0.164 e. The van der Waals surface area contributed by atoms with Gasteiger partial charge in [0.25, 0.3) is 0 Å². The summed E-state index contributed by atoms with van der Waals surface area (Å²) in [6, 6.07) is 9.52. The van der Waals surface area contributed by atoms with Crippen LogP contribution in [0.25, 0.3) is 10.8 Å². The van der Waals surface area contributed by atoms with E-state index < -0.39 is 0 Å². The molecule has 10 aliphatic rings. The van der Waals surface area contributed by atoms with Gasteiger partial charge < -0.3 is 28.4 Å². The lowest BCUT2D eigenvalue weighted by Crippen LogP contribution is -2.52. The van der Waals surface area contributed by atoms with Crippen molar-refractivity contribution in [1.82, 2.24) is 0 Å². The Kier molecular flexibility index (Phi) is 6.72. The van der Waals surface area contributed by atoms with Gasteiger partial charge in [-0.15, -0.1) is 0 Å². The summed E-state index contributed by atoms with van der Waals surface area (Å²) in [6.07, 6.45) is 20.6. The quantitative estimate of drug-likeness (QED) is 0.197. The van der Waals surface area contributed by atoms with Crippen LogP contribution in [0.5, 0.6) is 11.5 Å². The molecule has 12 rings (SSSR count). The predicted octanol–water partition coefficient (Wildman–Crippen LogP) is 8.31. The van der Waals surface area contributed by atoms with Crippen molar-refractivity contribution in [2.75, 3.05) is 39.6 Å². The third-order valence-electron chi connectivity index (χ3n) is 13.3. The summed E-state index contributed by atoms with van der Waals surface area (Å²) in [5.41, 5.74) is 4.06. The molecule has 2 aromatic rings. The molecule has 244 valence electrons. The third kappa shape index (κ3) is 5.13. The van der Waals surface area contributed by atoms with E-state index in [0.717, 1.165) is 58.5 Å². The monoisotopic (exact) mass is 624 g/mol. The molecule has 0 aromatic heterocycles. The van der Waals surface area contributed by atoms with E-state index in [1.807, 2.05) is 0 Å². The summed E-state index contributed by atoms with van der Waals surface area (Å²) in [7, 11) is 0. The Labute approximate surface area is 272 Å². The number of benzene rings is 2. The summed E-state index contributed by atoms with van der Waals surface area (Å²) in [4.78, 5) is 0. The van der Waals surface area contributed by atoms with Crippen molar-refractivity contribution >= 4 is 10.8 Å². The molecule has 0 amide bonds. The molecule has 0 spiro atoms. The van der Waals surface area contributed by atoms with Crippen molar-refractivity contribution in [1.29, 1.82) is 0 Å². The minimum Gasteiger partial charge on any atom is -0.491 e. The zero-order valence-corrected chi connectivity index (χ0v) is 27.1. The molecule has 8 bridgehead atoms. The first-order valence-corrected chi connectivity index (χ1v) is 18.3. The zero-order valence-electron chi connectivity index (χ0n) is 27.1. The Balaban J connectivity index is 1.05. The molecule has 0 radical (unpaired) electrons. The molecular weight excluding hydrogens is 576 g/mol. The second kappa shape index (κ2) is 10.9. The van der Waals surface area contributed by atoms with E-state index >= 15 is 0 Å². The van der Waals surface area contributed by atoms with Gasteiger partial charge in [-0.1, -0.05) is 0 Å². The fourth-order valence-electron chi connectivity index (χ4n) is 12.3. The molecule has 6 heteroatoms. The fraction of sp³-hybridized carbons (Fsp3) is 0.650. The molecular formula is C40H48O6. The maximum Gasteiger partial charge on any atom is 0.164 e. The first-order valence-electron chi connectivity index (χ1n) is 18.3. The van der Waals surface area contributed by atoms with Crippen LogP contribution in [0.15, 0.2) is 48.3 Å². The topological polar surface area (TPSA) is 62.0 Å². The van der Waals surface area contributed by atoms with Gasteiger partial charge in [-0.2, -0.15) is 0 Å². The van der Waals surface area contributed by atoms with Gasteiger partial charge in [0.1, 0.15) is 50.5 Å². The fourth-order valence-corrected chi connectivity index (χ4v) is 12.3. The van der Waals surface area contributed by atoms with Gasteiger partial charge in [0, 0.05) is 10.8 Å². The van der Waals surface area contributed by atoms with E-state index in [2.05, 4.69) is 24.3 Å². The van der Waals surface area contributed by atoms with Crippen molar-refractivity contribution in [3.05, 3.63) is 59.4 Å². The Morgan fingerprint density at radius 2 is 0.870 bits per heavy atom. The van der Waals surface area contributed by atoms with Crippen LogP contribution in [0.4, 0.5) is 0 Å². The van der Waals surface area contributed by atoms with E-state index in [1.54, 1.807) is 23.7 Å². The maximum atomic E-state index is 6.53. The lowest BCUT2D eigenvalue weighted by Gasteiger charge is -2.61. The lowest BCUT2D eigenvalue weighted by atomic mass is 9.44. The number of fused-ring (bicyclic) bond motifs is 1. The number of hydrogen-bond acceptors (Lipinski definition) is 6. The van der Waals surface area contributed by atoms with Crippen LogP contribution >= 0.6 is 0 Å². The van der Waals surface area contributed by atoms with Gasteiger partial charge in [-0.25, -0.2) is 0 Å². The van der Waals surface area contributed by atoms with Crippen LogP contribution in [0.1, 0.15) is 88.2 Å². The first kappa shape index (κ1) is 28.3. The molecule has 2 aliphatic heterocycles. The van der Waals surface area contributed by atoms with Crippen molar-refractivity contribution in [2.24, 2.45) is 35.5 Å². The van der Waals surface area contributed by atoms with E-state index in [1.165, 1.54) is 87.8 Å². The van der Waals surface area contributed by atoms with Crippen LogP contribution in [0, 0.1) is 35.5 Å². The lowest BCUT2D eigenvalue weighted by molar-refractivity contribution is -0.0173. The highest BCUT2D eigenvalue weighted by Gasteiger charge is 2.56. The predicted molar refractivity (Wildman–Crippen MR) is 175 cm³/mol. The molecule has 46 heavy (non-hydrogen) atoms. The van der Waals surface area contributed by atoms with Gasteiger partial charge >= 0.3 is 0 Å². The van der Waals surface area contributed by atoms with Crippen LogP contribution in [0.2, 0.25) is 0 Å². The van der Waals surface area contributed by atoms with Gasteiger partial charge in [0.15, 0.2) is 11.5 Å². The van der Waals surface area contributed by atoms with Crippen LogP contribution in [0.3, 0.4) is 0 Å². The van der Waals surface area contributed by atoms with Crippen molar-refractivity contribution in [2.45, 2.75) is 87.9 Å². The Morgan fingerprint density at radius 1 is 0.522 bits per heavy atom. The van der Waals surface area contributed by atoms with E-state index in [4.69, 9.17) is 28.4 Å². The molecule has 0 atom stereocenters. The minimum absolute atomic E-state index is 0.324. The molecule has 0 saturated heterocycles. The normalized spacial score (nSPS) is 37.1. The van der Waals surface area contributed by atoms with Crippen LogP contribution in [-0.4, -0.2) is 39.6 Å². The molecule has 8 aliphatic carbocycles. The standard InChI is InChI=1S/C40H48O6/c1-2-38(44-6-4-42-22-32-24-46-32)34-14-36(40-18-28-10-29(19-40)12-30(11-28)20-40)35(39-15-25-7-26(16-39)9-27(8-25)17-39)13-33(34)37(1)43-5-3-41-21-31-23-45-31/h1-2,13-14,23-30H,3-12,15-22H2. The van der Waals surface area contributed by atoms with E-state index in [-0.39, 0.29) is 0 Å². The Morgan fingerprint density at radius 3 is 1.20 bits per heavy atom. The second-order valence-corrected chi connectivity index (χ2v) is 16.6. The molecule has 2 aromatic carbocycles. The second-order valence-electron chi connectivity index (χ2n) is 16.6. The Hall–Kier alpha value is -2.70. The Bertz CT molecular complexity index is 1400. The van der Waals surface area contributed by atoms with Crippen molar-refractivity contribution in [3.63, 3.8) is 0 Å². The van der Waals surface area contributed by atoms with Crippen molar-refractivity contribution < 1.29 is 28.4 Å². The van der Waals surface area contributed by atoms with Crippen LogP contribution in [-0.2, 0) is 29.8 Å². The third-order valence-corrected chi connectivity index (χ3v) is 13.3. The van der Waals surface area contributed by atoms with Gasteiger partial charge in [-0.05, 0) is 159 Å². The molecule has 6 nitrogen and oxygen atoms in total. The van der Waals surface area contributed by atoms with Gasteiger partial charge in [0.2, 0.25) is 0 Å². The van der Waals surface area contributed by atoms with E-state index in [9.17, 15) is 0 Å². The largest absolute Gasteiger partial charge is 0.491 e. The number of ether oxygens (including phenoxy) is 6. The SMILES string of the molecule is C1=C(COCCOc2ccc(OCCOCC3=CO3)c3cc(C45CC6CC(CC(C6)C4)C5)c(C45CC6CC(CC(C6)C4)C5)cc23)O1. The van der Waals surface area contributed by atoms with Crippen LogP contribution < -0.4 is 9.47 Å². The van der Waals surface area contributed by atoms with Crippen molar-refractivity contribution in [3.8, 4) is 11.5 Å². The number of hydrogen-bond donors (Lipinski definition) is 0. The molecule has 8 fully saturated rings. The van der Waals surface area contributed by atoms with E-state index in [0.29, 0.717) is 50.5 Å². The molecule has 2 heterocycles.